The molecule has 198 valence electrons. The number of unbranched alkanes of at least 4 members (excludes halogenated alkanes) is 1. The molecule has 0 spiro atoms. The third kappa shape index (κ3) is 6.40. The Morgan fingerprint density at radius 2 is 1.44 bits per heavy atom. The molecule has 0 aromatic heterocycles. The van der Waals surface area contributed by atoms with Gasteiger partial charge in [-0.15, -0.1) is 0 Å². The maximum absolute atomic E-state index is 11.9. The second-order valence-electron chi connectivity index (χ2n) is 9.66. The fraction of sp³-hybridized carbons (Fsp3) is 0.533. The molecule has 0 unspecified atom stereocenters. The maximum atomic E-state index is 11.9. The maximum Gasteiger partial charge on any atom is 0.316 e. The van der Waals surface area contributed by atoms with Gasteiger partial charge in [0.15, 0.2) is 0 Å². The molecule has 2 fully saturated rings. The highest BCUT2D eigenvalue weighted by Gasteiger charge is 2.44. The van der Waals surface area contributed by atoms with Gasteiger partial charge in [0.05, 0.1) is 24.5 Å². The Hall–Kier alpha value is -3.02. The molecule has 2 aromatic rings. The molecular formula is C30H42O6. The zero-order valence-corrected chi connectivity index (χ0v) is 20.9. The van der Waals surface area contributed by atoms with Gasteiger partial charge in [-0.2, -0.15) is 0 Å². The summed E-state index contributed by atoms with van der Waals surface area (Å²) in [5, 5.41) is 19.1. The van der Waals surface area contributed by atoms with Crippen molar-refractivity contribution >= 4 is 11.9 Å². The quantitative estimate of drug-likeness (QED) is 0.308. The van der Waals surface area contributed by atoms with E-state index < -0.39 is 16.8 Å². The Kier molecular flexibility index (Phi) is 10.8. The number of esters is 1. The largest absolute Gasteiger partial charge is 0.508 e. The molecule has 0 radical (unpaired) electrons. The molecule has 0 bridgehead atoms. The lowest BCUT2D eigenvalue weighted by Crippen LogP contribution is -2.33. The van der Waals surface area contributed by atoms with E-state index in [9.17, 15) is 19.8 Å². The van der Waals surface area contributed by atoms with Gasteiger partial charge in [-0.1, -0.05) is 70.7 Å². The second kappa shape index (κ2) is 13.3. The van der Waals surface area contributed by atoms with Crippen LogP contribution in [0.3, 0.4) is 0 Å². The second-order valence-corrected chi connectivity index (χ2v) is 9.66. The van der Waals surface area contributed by atoms with Crippen LogP contribution in [0, 0.1) is 0 Å². The Morgan fingerprint density at radius 1 is 0.889 bits per heavy atom. The number of rotatable bonds is 8. The van der Waals surface area contributed by atoms with Gasteiger partial charge in [0.1, 0.15) is 11.5 Å². The molecule has 0 atom stereocenters. The van der Waals surface area contributed by atoms with E-state index in [0.29, 0.717) is 6.61 Å². The van der Waals surface area contributed by atoms with Crippen molar-refractivity contribution in [1.29, 1.82) is 0 Å². The summed E-state index contributed by atoms with van der Waals surface area (Å²) in [6, 6.07) is 14.6. The van der Waals surface area contributed by atoms with E-state index in [1.165, 1.54) is 7.11 Å². The van der Waals surface area contributed by atoms with Crippen LogP contribution in [0.25, 0.3) is 0 Å². The first kappa shape index (κ1) is 29.2. The number of carbonyl (C=O) groups excluding carboxylic acids is 1. The van der Waals surface area contributed by atoms with Crippen LogP contribution < -0.4 is 4.74 Å². The Labute approximate surface area is 215 Å². The molecule has 2 N–H and O–H groups in total. The Morgan fingerprint density at radius 3 is 1.97 bits per heavy atom. The van der Waals surface area contributed by atoms with Crippen molar-refractivity contribution in [2.24, 2.45) is 0 Å². The van der Waals surface area contributed by atoms with Crippen LogP contribution in [0.5, 0.6) is 11.5 Å². The number of methoxy groups -OCH3 is 1. The number of carboxylic acid groups (broad SMARTS) is 1. The molecule has 4 rings (SSSR count). The lowest BCUT2D eigenvalue weighted by molar-refractivity contribution is -0.147. The predicted molar refractivity (Wildman–Crippen MR) is 142 cm³/mol. The summed E-state index contributed by atoms with van der Waals surface area (Å²) in [4.78, 5) is 23.6. The first-order valence-electron chi connectivity index (χ1n) is 12.7. The number of carbonyl (C=O) groups is 2. The van der Waals surface area contributed by atoms with E-state index >= 15 is 0 Å². The molecule has 2 saturated carbocycles. The minimum Gasteiger partial charge on any atom is -0.508 e. The van der Waals surface area contributed by atoms with Crippen molar-refractivity contribution in [2.45, 2.75) is 89.4 Å². The van der Waals surface area contributed by atoms with Crippen molar-refractivity contribution in [3.05, 3.63) is 59.7 Å². The van der Waals surface area contributed by atoms with Crippen LogP contribution in [-0.2, 0) is 25.2 Å². The highest BCUT2D eigenvalue weighted by atomic mass is 16.5. The summed E-state index contributed by atoms with van der Waals surface area (Å²) in [7, 11) is 1.42. The van der Waals surface area contributed by atoms with Gasteiger partial charge in [0.2, 0.25) is 0 Å². The summed E-state index contributed by atoms with van der Waals surface area (Å²) in [5.41, 5.74) is 0.542. The van der Waals surface area contributed by atoms with Crippen LogP contribution in [0.2, 0.25) is 0 Å². The molecule has 2 aromatic carbocycles. The number of phenols is 1. The summed E-state index contributed by atoms with van der Waals surface area (Å²) in [6.45, 7) is 2.82. The van der Waals surface area contributed by atoms with Crippen LogP contribution in [0.4, 0.5) is 0 Å². The van der Waals surface area contributed by atoms with Crippen molar-refractivity contribution < 1.29 is 29.3 Å². The van der Waals surface area contributed by atoms with Crippen molar-refractivity contribution in [3.63, 3.8) is 0 Å². The predicted octanol–water partition coefficient (Wildman–Crippen LogP) is 6.78. The minimum atomic E-state index is -0.698. The third-order valence-corrected chi connectivity index (χ3v) is 7.45. The van der Waals surface area contributed by atoms with Crippen molar-refractivity contribution in [1.82, 2.24) is 0 Å². The van der Waals surface area contributed by atoms with E-state index in [-0.39, 0.29) is 19.1 Å². The molecule has 2 aliphatic rings. The smallest absolute Gasteiger partial charge is 0.316 e. The number of hydrogen-bond donors (Lipinski definition) is 2. The lowest BCUT2D eigenvalue weighted by Gasteiger charge is -2.26. The van der Waals surface area contributed by atoms with Gasteiger partial charge in [-0.3, -0.25) is 9.59 Å². The number of aliphatic carboxylic acids is 1. The number of phenolic OH excluding ortho intramolecular Hbond substituents is 1. The first-order valence-corrected chi connectivity index (χ1v) is 12.7. The number of carboxylic acids is 1. The van der Waals surface area contributed by atoms with Gasteiger partial charge in [0, 0.05) is 0 Å². The monoisotopic (exact) mass is 498 g/mol. The summed E-state index contributed by atoms with van der Waals surface area (Å²) in [6.07, 6.45) is 9.26. The first-order chi connectivity index (χ1) is 16.9. The molecule has 36 heavy (non-hydrogen) atoms. The van der Waals surface area contributed by atoms with Crippen LogP contribution in [0.15, 0.2) is 48.5 Å². The molecule has 6 nitrogen and oxygen atoms in total. The zero-order chi connectivity index (χ0) is 25.3. The van der Waals surface area contributed by atoms with Crippen LogP contribution in [-0.4, -0.2) is 35.9 Å². The number of ether oxygens (including phenoxy) is 2. The van der Waals surface area contributed by atoms with Crippen molar-refractivity contribution in [3.8, 4) is 11.5 Å². The molecule has 0 heterocycles. The van der Waals surface area contributed by atoms with Gasteiger partial charge in [-0.25, -0.2) is 0 Å². The average molecular weight is 499 g/mol. The molecule has 0 aliphatic heterocycles. The zero-order valence-electron chi connectivity index (χ0n) is 20.9. The summed E-state index contributed by atoms with van der Waals surface area (Å²) >= 11 is 0. The highest BCUT2D eigenvalue weighted by Crippen LogP contribution is 2.43. The fourth-order valence-corrected chi connectivity index (χ4v) is 5.41. The summed E-state index contributed by atoms with van der Waals surface area (Å²) in [5.74, 6) is 0.109. The van der Waals surface area contributed by atoms with E-state index in [1.807, 2.05) is 30.3 Å². The molecule has 0 saturated heterocycles. The fourth-order valence-electron chi connectivity index (χ4n) is 5.41. The SMILES string of the molecule is C.CCCCOc1cccc(C2(C(=O)O)CCCC2)c1.COC(=O)C1(c2cccc(O)c2)CCCC1. The Bertz CT molecular complexity index is 986. The summed E-state index contributed by atoms with van der Waals surface area (Å²) < 4.78 is 10.6. The average Bonchev–Trinajstić information content (AvgIpc) is 3.56. The van der Waals surface area contributed by atoms with E-state index in [4.69, 9.17) is 9.47 Å². The topological polar surface area (TPSA) is 93.1 Å². The third-order valence-electron chi connectivity index (χ3n) is 7.45. The van der Waals surface area contributed by atoms with Gasteiger partial charge < -0.3 is 19.7 Å². The normalized spacial score (nSPS) is 17.3. The number of benzene rings is 2. The van der Waals surface area contributed by atoms with Gasteiger partial charge in [0.25, 0.3) is 0 Å². The minimum absolute atomic E-state index is 0. The molecule has 6 heteroatoms. The molecule has 0 amide bonds. The van der Waals surface area contributed by atoms with Gasteiger partial charge in [-0.05, 0) is 67.5 Å². The standard InChI is InChI=1S/C16H22O3.C13H16O3.CH4/c1-2-3-11-19-14-8-6-7-13(12-14)16(15(17)18)9-4-5-10-16;1-16-12(15)13(7-2-3-8-13)10-5-4-6-11(14)9-10;/h6-8,12H,2-5,9-11H2,1H3,(H,17,18);4-6,9,14H,2-3,7-8H2,1H3;1H4. The van der Waals surface area contributed by atoms with Crippen LogP contribution >= 0.6 is 0 Å². The number of hydrogen-bond acceptors (Lipinski definition) is 5. The Balaban J connectivity index is 0.000000250. The van der Waals surface area contributed by atoms with Gasteiger partial charge >= 0.3 is 11.9 Å². The van der Waals surface area contributed by atoms with E-state index in [2.05, 4.69) is 6.92 Å². The van der Waals surface area contributed by atoms with Crippen LogP contribution in [0.1, 0.15) is 89.7 Å². The van der Waals surface area contributed by atoms with E-state index in [0.717, 1.165) is 81.1 Å². The van der Waals surface area contributed by atoms with E-state index in [1.54, 1.807) is 18.2 Å². The number of aromatic hydroxyl groups is 1. The molecular weight excluding hydrogens is 456 g/mol. The molecule has 2 aliphatic carbocycles. The highest BCUT2D eigenvalue weighted by molar-refractivity contribution is 5.83. The lowest BCUT2D eigenvalue weighted by atomic mass is 9.79. The van der Waals surface area contributed by atoms with Crippen molar-refractivity contribution in [2.75, 3.05) is 13.7 Å².